The molecule has 0 aromatic heterocycles. The Morgan fingerprint density at radius 2 is 1.75 bits per heavy atom. The van der Waals surface area contributed by atoms with Crippen molar-refractivity contribution < 1.29 is 27.9 Å². The summed E-state index contributed by atoms with van der Waals surface area (Å²) >= 11 is 0. The van der Waals surface area contributed by atoms with E-state index in [9.17, 15) is 27.9 Å². The number of hydrogen-bond acceptors (Lipinski definition) is 3. The molecule has 0 aliphatic carbocycles. The number of amides is 2. The maximum absolute atomic E-state index is 12.3. The third kappa shape index (κ3) is 3.95. The second-order valence-electron chi connectivity index (χ2n) is 4.15. The molecule has 0 spiro atoms. The fourth-order valence-corrected chi connectivity index (χ4v) is 1.37. The van der Waals surface area contributed by atoms with Crippen LogP contribution in [0.3, 0.4) is 0 Å². The van der Waals surface area contributed by atoms with Gasteiger partial charge >= 0.3 is 6.18 Å². The molecule has 4 N–H and O–H groups in total. The number of primary amides is 1. The van der Waals surface area contributed by atoms with Crippen LogP contribution in [-0.2, 0) is 15.8 Å². The van der Waals surface area contributed by atoms with Gasteiger partial charge in [0.25, 0.3) is 5.91 Å². The first kappa shape index (κ1) is 16.0. The van der Waals surface area contributed by atoms with Gasteiger partial charge in [0.15, 0.2) is 6.10 Å². The Hall–Kier alpha value is -2.09. The number of aliphatic hydroxyl groups excluding tert-OH is 1. The van der Waals surface area contributed by atoms with Gasteiger partial charge < -0.3 is 16.2 Å². The first-order chi connectivity index (χ1) is 9.12. The van der Waals surface area contributed by atoms with Gasteiger partial charge in [-0.15, -0.1) is 0 Å². The summed E-state index contributed by atoms with van der Waals surface area (Å²) in [5.74, 6) is -1.71. The van der Waals surface area contributed by atoms with Gasteiger partial charge in [0.05, 0.1) is 5.56 Å². The number of halogens is 3. The van der Waals surface area contributed by atoms with Crippen molar-refractivity contribution in [2.45, 2.75) is 25.2 Å². The van der Waals surface area contributed by atoms with E-state index in [1.807, 2.05) is 0 Å². The highest BCUT2D eigenvalue weighted by Crippen LogP contribution is 2.29. The van der Waals surface area contributed by atoms with Crippen molar-refractivity contribution in [3.05, 3.63) is 35.4 Å². The van der Waals surface area contributed by atoms with E-state index in [4.69, 9.17) is 5.73 Å². The lowest BCUT2D eigenvalue weighted by atomic mass is 10.1. The maximum atomic E-state index is 12.3. The summed E-state index contributed by atoms with van der Waals surface area (Å²) < 4.78 is 37.0. The Morgan fingerprint density at radius 3 is 2.15 bits per heavy atom. The molecule has 2 amide bonds. The molecule has 0 saturated carbocycles. The summed E-state index contributed by atoms with van der Waals surface area (Å²) in [6.45, 7) is 1.32. The molecule has 1 aromatic rings. The minimum atomic E-state index is -4.49. The van der Waals surface area contributed by atoms with Crippen LogP contribution in [-0.4, -0.2) is 23.0 Å². The highest BCUT2D eigenvalue weighted by molar-refractivity contribution is 5.88. The molecule has 0 aliphatic heterocycles. The summed E-state index contributed by atoms with van der Waals surface area (Å²) in [6, 6.07) is 2.49. The summed E-state index contributed by atoms with van der Waals surface area (Å²) in [5, 5.41) is 11.8. The largest absolute Gasteiger partial charge is 0.416 e. The highest BCUT2D eigenvalue weighted by atomic mass is 19.4. The standard InChI is InChI=1S/C12H13F3N2O3/c1-6(10(16)19)17-11(20)9(18)7-2-4-8(5-3-7)12(13,14)15/h2-6,9,18H,1H3,(H2,16,19)(H,17,20)/t6-,9+/m0/s1. The number of alkyl halides is 3. The van der Waals surface area contributed by atoms with Gasteiger partial charge in [-0.3, -0.25) is 9.59 Å². The third-order valence-corrected chi connectivity index (χ3v) is 2.59. The zero-order valence-electron chi connectivity index (χ0n) is 10.4. The van der Waals surface area contributed by atoms with E-state index < -0.39 is 35.7 Å². The minimum absolute atomic E-state index is 0.0211. The van der Waals surface area contributed by atoms with Gasteiger partial charge in [-0.2, -0.15) is 13.2 Å². The molecule has 1 rings (SSSR count). The van der Waals surface area contributed by atoms with E-state index in [1.54, 1.807) is 0 Å². The Balaban J connectivity index is 2.80. The SMILES string of the molecule is C[C@H](NC(=O)[C@H](O)c1ccc(C(F)(F)F)cc1)C(N)=O. The van der Waals surface area contributed by atoms with Gasteiger partial charge in [0.1, 0.15) is 6.04 Å². The van der Waals surface area contributed by atoms with Crippen molar-refractivity contribution in [2.75, 3.05) is 0 Å². The Labute approximate surface area is 112 Å². The van der Waals surface area contributed by atoms with E-state index >= 15 is 0 Å². The van der Waals surface area contributed by atoms with Crippen molar-refractivity contribution in [2.24, 2.45) is 5.73 Å². The Morgan fingerprint density at radius 1 is 1.25 bits per heavy atom. The molecular formula is C12H13F3N2O3. The zero-order chi connectivity index (χ0) is 15.5. The van der Waals surface area contributed by atoms with Crippen molar-refractivity contribution in [1.29, 1.82) is 0 Å². The van der Waals surface area contributed by atoms with Crippen LogP contribution < -0.4 is 11.1 Å². The van der Waals surface area contributed by atoms with Gasteiger partial charge in [-0.05, 0) is 24.6 Å². The molecule has 0 aliphatic rings. The normalized spacial score (nSPS) is 14.4. The average Bonchev–Trinajstić information content (AvgIpc) is 2.36. The van der Waals surface area contributed by atoms with E-state index in [1.165, 1.54) is 6.92 Å². The molecule has 1 aromatic carbocycles. The lowest BCUT2D eigenvalue weighted by Crippen LogP contribution is -2.44. The van der Waals surface area contributed by atoms with E-state index in [2.05, 4.69) is 5.32 Å². The van der Waals surface area contributed by atoms with Gasteiger partial charge in [0.2, 0.25) is 5.91 Å². The van der Waals surface area contributed by atoms with E-state index in [0.717, 1.165) is 24.3 Å². The molecule has 0 fully saturated rings. The number of aliphatic hydroxyl groups is 1. The first-order valence-electron chi connectivity index (χ1n) is 5.58. The fraction of sp³-hybridized carbons (Fsp3) is 0.333. The first-order valence-corrected chi connectivity index (χ1v) is 5.58. The minimum Gasteiger partial charge on any atom is -0.378 e. The third-order valence-electron chi connectivity index (χ3n) is 2.59. The van der Waals surface area contributed by atoms with Crippen molar-refractivity contribution in [1.82, 2.24) is 5.32 Å². The molecule has 110 valence electrons. The smallest absolute Gasteiger partial charge is 0.378 e. The molecule has 5 nitrogen and oxygen atoms in total. The molecule has 8 heteroatoms. The van der Waals surface area contributed by atoms with Gasteiger partial charge in [0, 0.05) is 0 Å². The fourth-order valence-electron chi connectivity index (χ4n) is 1.37. The molecule has 0 bridgehead atoms. The molecule has 0 saturated heterocycles. The zero-order valence-corrected chi connectivity index (χ0v) is 10.4. The number of benzene rings is 1. The summed E-state index contributed by atoms with van der Waals surface area (Å²) in [6.07, 6.45) is -6.18. The monoisotopic (exact) mass is 290 g/mol. The number of rotatable bonds is 4. The van der Waals surface area contributed by atoms with Crippen LogP contribution in [0.5, 0.6) is 0 Å². The second kappa shape index (κ2) is 5.91. The Bertz CT molecular complexity index is 500. The van der Waals surface area contributed by atoms with Crippen LogP contribution in [0.25, 0.3) is 0 Å². The number of nitrogens with one attached hydrogen (secondary N) is 1. The predicted octanol–water partition coefficient (Wildman–Crippen LogP) is 0.729. The van der Waals surface area contributed by atoms with Crippen LogP contribution in [0.2, 0.25) is 0 Å². The lowest BCUT2D eigenvalue weighted by Gasteiger charge is -2.15. The van der Waals surface area contributed by atoms with Crippen molar-refractivity contribution in [3.63, 3.8) is 0 Å². The molecule has 0 radical (unpaired) electrons. The molecule has 2 atom stereocenters. The summed E-state index contributed by atoms with van der Waals surface area (Å²) in [4.78, 5) is 22.3. The van der Waals surface area contributed by atoms with Crippen LogP contribution in [0.4, 0.5) is 13.2 Å². The predicted molar refractivity (Wildman–Crippen MR) is 63.2 cm³/mol. The molecule has 0 unspecified atom stereocenters. The molecule has 0 heterocycles. The number of hydrogen-bond donors (Lipinski definition) is 3. The maximum Gasteiger partial charge on any atom is 0.416 e. The summed E-state index contributed by atoms with van der Waals surface area (Å²) in [5.41, 5.74) is 4.02. The lowest BCUT2D eigenvalue weighted by molar-refractivity contribution is -0.137. The highest BCUT2D eigenvalue weighted by Gasteiger charge is 2.30. The van der Waals surface area contributed by atoms with Crippen LogP contribution >= 0.6 is 0 Å². The topological polar surface area (TPSA) is 92.4 Å². The molecule has 20 heavy (non-hydrogen) atoms. The van der Waals surface area contributed by atoms with Crippen molar-refractivity contribution >= 4 is 11.8 Å². The van der Waals surface area contributed by atoms with Gasteiger partial charge in [-0.1, -0.05) is 12.1 Å². The van der Waals surface area contributed by atoms with E-state index in [0.29, 0.717) is 0 Å². The average molecular weight is 290 g/mol. The number of nitrogens with two attached hydrogens (primary N) is 1. The molecular weight excluding hydrogens is 277 g/mol. The van der Waals surface area contributed by atoms with Crippen LogP contribution in [0.15, 0.2) is 24.3 Å². The van der Waals surface area contributed by atoms with Crippen LogP contribution in [0.1, 0.15) is 24.2 Å². The van der Waals surface area contributed by atoms with E-state index in [-0.39, 0.29) is 5.56 Å². The summed E-state index contributed by atoms with van der Waals surface area (Å²) in [7, 11) is 0. The number of carbonyl (C=O) groups excluding carboxylic acids is 2. The quantitative estimate of drug-likeness (QED) is 0.763. The Kier molecular flexibility index (Phi) is 4.72. The van der Waals surface area contributed by atoms with Gasteiger partial charge in [-0.25, -0.2) is 0 Å². The van der Waals surface area contributed by atoms with Crippen LogP contribution in [0, 0.1) is 0 Å². The number of carbonyl (C=O) groups is 2. The second-order valence-corrected chi connectivity index (χ2v) is 4.15. The van der Waals surface area contributed by atoms with Crippen molar-refractivity contribution in [3.8, 4) is 0 Å².